The van der Waals surface area contributed by atoms with Crippen LogP contribution >= 0.6 is 0 Å². The molecule has 218 valence electrons. The molecule has 1 aromatic carbocycles. The van der Waals surface area contributed by atoms with Crippen molar-refractivity contribution < 1.29 is 23.5 Å². The molecule has 1 saturated carbocycles. The van der Waals surface area contributed by atoms with Crippen molar-refractivity contribution in [1.29, 1.82) is 0 Å². The van der Waals surface area contributed by atoms with Gasteiger partial charge in [-0.2, -0.15) is 0 Å². The third kappa shape index (κ3) is 6.88. The van der Waals surface area contributed by atoms with Gasteiger partial charge in [0.1, 0.15) is 23.7 Å². The van der Waals surface area contributed by atoms with Gasteiger partial charge in [0, 0.05) is 18.4 Å². The summed E-state index contributed by atoms with van der Waals surface area (Å²) >= 11 is 0. The van der Waals surface area contributed by atoms with Crippen LogP contribution in [-0.2, 0) is 20.7 Å². The lowest BCUT2D eigenvalue weighted by Crippen LogP contribution is -2.48. The largest absolute Gasteiger partial charge is 0.443 e. The average molecular weight is 557 g/mol. The molecule has 40 heavy (non-hydrogen) atoms. The van der Waals surface area contributed by atoms with Crippen LogP contribution in [0.1, 0.15) is 78.3 Å². The van der Waals surface area contributed by atoms with Crippen molar-refractivity contribution in [1.82, 2.24) is 20.2 Å². The Morgan fingerprint density at radius 3 is 2.75 bits per heavy atom. The number of halogens is 1. The Balaban J connectivity index is 1.16. The summed E-state index contributed by atoms with van der Waals surface area (Å²) in [4.78, 5) is 59.0. The number of rotatable bonds is 12. The molecule has 1 aliphatic carbocycles. The number of Topliss-reactive ketones (excluding diaryl/α,β-unsaturated/α-hetero) is 1. The number of unbranched alkanes of at least 4 members (excludes halogenated alkanes) is 2. The van der Waals surface area contributed by atoms with Crippen molar-refractivity contribution in [2.75, 3.05) is 13.1 Å². The maximum atomic E-state index is 13.4. The van der Waals surface area contributed by atoms with E-state index in [1.165, 1.54) is 12.1 Å². The smallest absolute Gasteiger partial charge is 0.408 e. The van der Waals surface area contributed by atoms with Crippen LogP contribution in [0, 0.1) is 23.6 Å². The van der Waals surface area contributed by atoms with Gasteiger partial charge in [-0.05, 0) is 63.1 Å². The summed E-state index contributed by atoms with van der Waals surface area (Å²) in [5, 5.41) is 2.59. The first-order chi connectivity index (χ1) is 19.0. The van der Waals surface area contributed by atoms with Crippen LogP contribution in [0.25, 0.3) is 11.0 Å². The highest BCUT2D eigenvalue weighted by Crippen LogP contribution is 2.49. The summed E-state index contributed by atoms with van der Waals surface area (Å²) in [5.41, 5.74) is 0.570. The highest BCUT2D eigenvalue weighted by atomic mass is 19.1. The number of hydrogen-bond donors (Lipinski definition) is 2. The van der Waals surface area contributed by atoms with Gasteiger partial charge >= 0.3 is 6.09 Å². The number of benzene rings is 1. The Morgan fingerprint density at radius 1 is 1.25 bits per heavy atom. The second-order valence-electron chi connectivity index (χ2n) is 11.8. The van der Waals surface area contributed by atoms with Crippen molar-refractivity contribution >= 4 is 28.8 Å². The number of carbonyl (C=O) groups is 3. The summed E-state index contributed by atoms with van der Waals surface area (Å²) in [6.45, 7) is 7.99. The van der Waals surface area contributed by atoms with Crippen molar-refractivity contribution in [3.8, 4) is 0 Å². The normalized spacial score (nSPS) is 23.9. The number of aromatic nitrogens is 2. The fourth-order valence-corrected chi connectivity index (χ4v) is 5.88. The molecule has 4 rings (SSSR count). The summed E-state index contributed by atoms with van der Waals surface area (Å²) < 4.78 is 19.0. The maximum Gasteiger partial charge on any atom is 0.408 e. The zero-order valence-corrected chi connectivity index (χ0v) is 23.9. The summed E-state index contributed by atoms with van der Waals surface area (Å²) in [7, 11) is 0. The topological polar surface area (TPSA) is 121 Å². The molecule has 9 nitrogen and oxygen atoms in total. The summed E-state index contributed by atoms with van der Waals surface area (Å²) in [6.07, 6.45) is 5.86. The minimum atomic E-state index is -0.613. The number of ketones is 1. The van der Waals surface area contributed by atoms with Crippen LogP contribution in [0.5, 0.6) is 0 Å². The number of carbonyl (C=O) groups excluding carboxylic acids is 3. The minimum absolute atomic E-state index is 0.0746. The minimum Gasteiger partial charge on any atom is -0.443 e. The lowest BCUT2D eigenvalue weighted by atomic mass is 9.89. The Morgan fingerprint density at radius 2 is 2.02 bits per heavy atom. The predicted molar refractivity (Wildman–Crippen MR) is 149 cm³/mol. The number of nitrogens with one attached hydrogen (secondary N) is 2. The van der Waals surface area contributed by atoms with Crippen molar-refractivity contribution in [2.24, 2.45) is 17.8 Å². The van der Waals surface area contributed by atoms with Gasteiger partial charge in [0.15, 0.2) is 5.78 Å². The lowest BCUT2D eigenvalue weighted by molar-refractivity contribution is -0.139. The fourth-order valence-electron chi connectivity index (χ4n) is 5.88. The Kier molecular flexibility index (Phi) is 9.26. The molecule has 1 saturated heterocycles. The fraction of sp³-hybridized carbons (Fsp3) is 0.633. The van der Waals surface area contributed by atoms with Gasteiger partial charge in [-0.15, -0.1) is 0 Å². The van der Waals surface area contributed by atoms with E-state index in [4.69, 9.17) is 4.74 Å². The Bertz CT molecular complexity index is 1310. The van der Waals surface area contributed by atoms with Gasteiger partial charge in [-0.25, -0.2) is 14.2 Å². The number of H-pyrrole nitrogens is 1. The molecule has 1 unspecified atom stereocenters. The number of aromatic amines is 1. The van der Waals surface area contributed by atoms with Crippen molar-refractivity contribution in [3.63, 3.8) is 0 Å². The average Bonchev–Trinajstić information content (AvgIpc) is 3.34. The standard InChI is InChI=1S/C30H41FN4O5/c1-5-19-13-14-35(26(19)27(37)18(2)3)25(36)17-32-29(39)40-30(4)16-20(30)9-7-6-8-10-23-28(38)34-24-15-21(31)11-12-22(24)33-23/h11-12,15,18-20,26H,5-10,13-14,16-17H2,1-4H3,(H,32,39)(H,34,38)/t19-,20-,26+,30?/m1/s1. The summed E-state index contributed by atoms with van der Waals surface area (Å²) in [6, 6.07) is 3.73. The number of aryl methyl sites for hydroxylation is 1. The highest BCUT2D eigenvalue weighted by molar-refractivity contribution is 5.92. The number of amides is 2. The van der Waals surface area contributed by atoms with Crippen LogP contribution in [-0.4, -0.2) is 57.4 Å². The zero-order valence-electron chi connectivity index (χ0n) is 23.9. The van der Waals surface area contributed by atoms with E-state index in [-0.39, 0.29) is 41.5 Å². The molecule has 0 bridgehead atoms. The number of hydrogen-bond acceptors (Lipinski definition) is 6. The van der Waals surface area contributed by atoms with E-state index < -0.39 is 23.6 Å². The zero-order chi connectivity index (χ0) is 29.0. The maximum absolute atomic E-state index is 13.4. The third-order valence-electron chi connectivity index (χ3n) is 8.48. The van der Waals surface area contributed by atoms with Gasteiger partial charge in [0.2, 0.25) is 5.91 Å². The van der Waals surface area contributed by atoms with Crippen LogP contribution in [0.15, 0.2) is 23.0 Å². The van der Waals surface area contributed by atoms with Crippen LogP contribution in [0.3, 0.4) is 0 Å². The molecule has 10 heteroatoms. The van der Waals surface area contributed by atoms with Gasteiger partial charge in [-0.3, -0.25) is 14.4 Å². The van der Waals surface area contributed by atoms with Gasteiger partial charge in [0.05, 0.1) is 17.1 Å². The van der Waals surface area contributed by atoms with Crippen molar-refractivity contribution in [2.45, 2.75) is 90.7 Å². The molecule has 0 radical (unpaired) electrons. The first kappa shape index (κ1) is 29.7. The third-order valence-corrected chi connectivity index (χ3v) is 8.48. The molecular formula is C30H41FN4O5. The molecule has 2 aromatic rings. The van der Waals surface area contributed by atoms with E-state index in [1.807, 2.05) is 27.7 Å². The van der Waals surface area contributed by atoms with E-state index in [0.29, 0.717) is 29.7 Å². The number of alkyl carbamates (subject to hydrolysis) is 1. The lowest BCUT2D eigenvalue weighted by Gasteiger charge is -2.28. The first-order valence-corrected chi connectivity index (χ1v) is 14.5. The molecule has 4 atom stereocenters. The quantitative estimate of drug-likeness (QED) is 0.371. The second-order valence-corrected chi connectivity index (χ2v) is 11.8. The Labute approximate surface area is 234 Å². The molecule has 2 amide bonds. The molecular weight excluding hydrogens is 515 g/mol. The van der Waals surface area contributed by atoms with E-state index >= 15 is 0 Å². The number of likely N-dealkylation sites (tertiary alicyclic amines) is 1. The van der Waals surface area contributed by atoms with Gasteiger partial charge in [0.25, 0.3) is 5.56 Å². The highest BCUT2D eigenvalue weighted by Gasteiger charge is 2.53. The van der Waals surface area contributed by atoms with Crippen molar-refractivity contribution in [3.05, 3.63) is 40.1 Å². The summed E-state index contributed by atoms with van der Waals surface area (Å²) in [5.74, 6) is -0.334. The first-order valence-electron chi connectivity index (χ1n) is 14.5. The molecule has 2 heterocycles. The second kappa shape index (κ2) is 12.5. The number of fused-ring (bicyclic) bond motifs is 1. The predicted octanol–water partition coefficient (Wildman–Crippen LogP) is 4.52. The van der Waals surface area contributed by atoms with Crippen LogP contribution in [0.2, 0.25) is 0 Å². The van der Waals surface area contributed by atoms with E-state index in [1.54, 1.807) is 11.0 Å². The van der Waals surface area contributed by atoms with Crippen LogP contribution < -0.4 is 10.9 Å². The molecule has 2 fully saturated rings. The molecule has 1 aliphatic heterocycles. The van der Waals surface area contributed by atoms with E-state index in [2.05, 4.69) is 15.3 Å². The molecule has 1 aromatic heterocycles. The number of nitrogens with zero attached hydrogens (tertiary/aromatic N) is 2. The number of ether oxygens (including phenoxy) is 1. The van der Waals surface area contributed by atoms with Crippen LogP contribution in [0.4, 0.5) is 9.18 Å². The van der Waals surface area contributed by atoms with E-state index in [9.17, 15) is 23.6 Å². The Hall–Kier alpha value is -3.30. The monoisotopic (exact) mass is 556 g/mol. The van der Waals surface area contributed by atoms with Gasteiger partial charge < -0.3 is 19.9 Å². The molecule has 0 spiro atoms. The molecule has 2 aliphatic rings. The molecule has 2 N–H and O–H groups in total. The SMILES string of the molecule is CC[C@@H]1CCN(C(=O)CNC(=O)OC2(C)C[C@H]2CCCCCc2nc3ccc(F)cc3[nH]c2=O)[C@@H]1C(=O)C(C)C. The van der Waals surface area contributed by atoms with Gasteiger partial charge in [-0.1, -0.05) is 40.0 Å². The van der Waals surface area contributed by atoms with E-state index in [0.717, 1.165) is 44.9 Å².